The standard InChI is InChI=1S/C16H13FN4S/c17-14-7-2-1-6-13(14)12-5-3-4-11(8-12)9-19-21-16-20-15(18)10-22-16/h1-10H,18H2,(H,20,21). The quantitative estimate of drug-likeness (QED) is 0.566. The Kier molecular flexibility index (Phi) is 4.11. The zero-order valence-corrected chi connectivity index (χ0v) is 12.3. The van der Waals surface area contributed by atoms with Gasteiger partial charge in [-0.1, -0.05) is 36.4 Å². The van der Waals surface area contributed by atoms with Crippen molar-refractivity contribution >= 4 is 28.5 Å². The maximum atomic E-state index is 13.8. The number of anilines is 2. The lowest BCUT2D eigenvalue weighted by molar-refractivity contribution is 0.631. The lowest BCUT2D eigenvalue weighted by atomic mass is 10.0. The molecule has 3 N–H and O–H groups in total. The van der Waals surface area contributed by atoms with Gasteiger partial charge in [-0.25, -0.2) is 9.37 Å². The number of benzene rings is 2. The van der Waals surface area contributed by atoms with Crippen LogP contribution in [0.4, 0.5) is 15.3 Å². The minimum Gasteiger partial charge on any atom is -0.383 e. The highest BCUT2D eigenvalue weighted by atomic mass is 32.1. The van der Waals surface area contributed by atoms with Gasteiger partial charge in [-0.3, -0.25) is 5.43 Å². The molecule has 0 aliphatic carbocycles. The van der Waals surface area contributed by atoms with E-state index in [2.05, 4.69) is 15.5 Å². The first-order chi connectivity index (χ1) is 10.7. The van der Waals surface area contributed by atoms with Crippen molar-refractivity contribution in [3.8, 4) is 11.1 Å². The first-order valence-corrected chi connectivity index (χ1v) is 7.45. The molecule has 0 atom stereocenters. The molecule has 0 unspecified atom stereocenters. The molecule has 6 heteroatoms. The van der Waals surface area contributed by atoms with E-state index < -0.39 is 0 Å². The first-order valence-electron chi connectivity index (χ1n) is 6.57. The van der Waals surface area contributed by atoms with Crippen LogP contribution in [0.15, 0.2) is 59.0 Å². The number of rotatable bonds is 4. The van der Waals surface area contributed by atoms with E-state index in [0.29, 0.717) is 16.5 Å². The van der Waals surface area contributed by atoms with Crippen LogP contribution in [0.2, 0.25) is 0 Å². The van der Waals surface area contributed by atoms with Crippen molar-refractivity contribution in [1.82, 2.24) is 4.98 Å². The highest BCUT2D eigenvalue weighted by molar-refractivity contribution is 7.14. The Morgan fingerprint density at radius 1 is 1.18 bits per heavy atom. The molecule has 0 spiro atoms. The summed E-state index contributed by atoms with van der Waals surface area (Å²) in [6.07, 6.45) is 1.65. The largest absolute Gasteiger partial charge is 0.383 e. The number of halogens is 1. The molecule has 0 amide bonds. The fourth-order valence-electron chi connectivity index (χ4n) is 1.98. The van der Waals surface area contributed by atoms with Gasteiger partial charge in [0.05, 0.1) is 6.21 Å². The van der Waals surface area contributed by atoms with Crippen LogP contribution < -0.4 is 11.2 Å². The summed E-state index contributed by atoms with van der Waals surface area (Å²) in [5, 5.41) is 6.46. The minimum atomic E-state index is -0.243. The van der Waals surface area contributed by atoms with Crippen molar-refractivity contribution < 1.29 is 4.39 Å². The molecule has 0 aliphatic rings. The Balaban J connectivity index is 1.78. The maximum absolute atomic E-state index is 13.8. The van der Waals surface area contributed by atoms with Crippen LogP contribution in [0.25, 0.3) is 11.1 Å². The smallest absolute Gasteiger partial charge is 0.205 e. The zero-order valence-electron chi connectivity index (χ0n) is 11.5. The van der Waals surface area contributed by atoms with Gasteiger partial charge >= 0.3 is 0 Å². The minimum absolute atomic E-state index is 0.243. The van der Waals surface area contributed by atoms with Crippen LogP contribution in [-0.2, 0) is 0 Å². The van der Waals surface area contributed by atoms with Crippen LogP contribution >= 0.6 is 11.3 Å². The number of nitrogen functional groups attached to an aromatic ring is 1. The van der Waals surface area contributed by atoms with Crippen LogP contribution in [0.1, 0.15) is 5.56 Å². The number of nitrogens with zero attached hydrogens (tertiary/aromatic N) is 2. The van der Waals surface area contributed by atoms with Gasteiger partial charge in [0.15, 0.2) is 0 Å². The highest BCUT2D eigenvalue weighted by Gasteiger charge is 2.03. The second-order valence-electron chi connectivity index (χ2n) is 4.55. The van der Waals surface area contributed by atoms with E-state index in [9.17, 15) is 4.39 Å². The Labute approximate surface area is 131 Å². The molecule has 22 heavy (non-hydrogen) atoms. The summed E-state index contributed by atoms with van der Waals surface area (Å²) < 4.78 is 13.8. The summed E-state index contributed by atoms with van der Waals surface area (Å²) in [4.78, 5) is 4.04. The van der Waals surface area contributed by atoms with Crippen molar-refractivity contribution in [1.29, 1.82) is 0 Å². The molecule has 0 saturated heterocycles. The van der Waals surface area contributed by atoms with Crippen LogP contribution in [0, 0.1) is 5.82 Å². The first kappa shape index (κ1) is 14.2. The summed E-state index contributed by atoms with van der Waals surface area (Å²) in [7, 11) is 0. The van der Waals surface area contributed by atoms with Crippen molar-refractivity contribution in [3.05, 3.63) is 65.3 Å². The molecule has 0 radical (unpaired) electrons. The second kappa shape index (κ2) is 6.36. The molecule has 0 bridgehead atoms. The lowest BCUT2D eigenvalue weighted by Gasteiger charge is -2.04. The van der Waals surface area contributed by atoms with Gasteiger partial charge in [0.1, 0.15) is 11.6 Å². The predicted octanol–water partition coefficient (Wildman–Crippen LogP) is 3.98. The van der Waals surface area contributed by atoms with Crippen molar-refractivity contribution in [2.75, 3.05) is 11.2 Å². The molecule has 1 heterocycles. The highest BCUT2D eigenvalue weighted by Crippen LogP contribution is 2.23. The van der Waals surface area contributed by atoms with Gasteiger partial charge in [0, 0.05) is 10.9 Å². The number of aromatic nitrogens is 1. The Morgan fingerprint density at radius 3 is 2.82 bits per heavy atom. The Morgan fingerprint density at radius 2 is 2.05 bits per heavy atom. The van der Waals surface area contributed by atoms with E-state index >= 15 is 0 Å². The van der Waals surface area contributed by atoms with Gasteiger partial charge < -0.3 is 5.73 Å². The van der Waals surface area contributed by atoms with Gasteiger partial charge in [-0.2, -0.15) is 5.10 Å². The van der Waals surface area contributed by atoms with Crippen molar-refractivity contribution in [2.45, 2.75) is 0 Å². The third kappa shape index (κ3) is 3.29. The van der Waals surface area contributed by atoms with Crippen LogP contribution in [0.3, 0.4) is 0 Å². The molecular formula is C16H13FN4S. The Bertz CT molecular complexity index is 813. The number of nitrogens with two attached hydrogens (primary N) is 1. The fourth-order valence-corrected chi connectivity index (χ4v) is 2.53. The second-order valence-corrected chi connectivity index (χ2v) is 5.41. The number of hydrazone groups is 1. The summed E-state index contributed by atoms with van der Waals surface area (Å²) in [6, 6.07) is 14.2. The van der Waals surface area contributed by atoms with Gasteiger partial charge in [-0.05, 0) is 23.3 Å². The molecule has 4 nitrogen and oxygen atoms in total. The average molecular weight is 312 g/mol. The lowest BCUT2D eigenvalue weighted by Crippen LogP contribution is -1.92. The summed E-state index contributed by atoms with van der Waals surface area (Å²) in [5.74, 6) is 0.220. The van der Waals surface area contributed by atoms with Crippen LogP contribution in [0.5, 0.6) is 0 Å². The average Bonchev–Trinajstić information content (AvgIpc) is 2.94. The van der Waals surface area contributed by atoms with E-state index in [-0.39, 0.29) is 5.82 Å². The van der Waals surface area contributed by atoms with Crippen molar-refractivity contribution in [2.24, 2.45) is 5.10 Å². The maximum Gasteiger partial charge on any atom is 0.205 e. The third-order valence-electron chi connectivity index (χ3n) is 2.97. The van der Waals surface area contributed by atoms with E-state index in [4.69, 9.17) is 5.73 Å². The molecule has 0 fully saturated rings. The molecule has 110 valence electrons. The predicted molar refractivity (Wildman–Crippen MR) is 89.6 cm³/mol. The van der Waals surface area contributed by atoms with Gasteiger partial charge in [0.25, 0.3) is 0 Å². The van der Waals surface area contributed by atoms with Gasteiger partial charge in [-0.15, -0.1) is 11.3 Å². The van der Waals surface area contributed by atoms with E-state index in [0.717, 1.165) is 11.1 Å². The fraction of sp³-hybridized carbons (Fsp3) is 0. The van der Waals surface area contributed by atoms with E-state index in [1.807, 2.05) is 30.3 Å². The molecule has 3 rings (SSSR count). The monoisotopic (exact) mass is 312 g/mol. The Hall–Kier alpha value is -2.73. The van der Waals surface area contributed by atoms with E-state index in [1.54, 1.807) is 23.7 Å². The third-order valence-corrected chi connectivity index (χ3v) is 3.73. The topological polar surface area (TPSA) is 63.3 Å². The number of hydrogen-bond donors (Lipinski definition) is 2. The summed E-state index contributed by atoms with van der Waals surface area (Å²) in [5.41, 5.74) is 10.6. The SMILES string of the molecule is Nc1csc(NN=Cc2cccc(-c3ccccc3F)c2)n1. The molecule has 0 saturated carbocycles. The van der Waals surface area contributed by atoms with Crippen molar-refractivity contribution in [3.63, 3.8) is 0 Å². The molecule has 2 aromatic carbocycles. The normalized spacial score (nSPS) is 11.0. The van der Waals surface area contributed by atoms with Gasteiger partial charge in [0.2, 0.25) is 5.13 Å². The molecule has 1 aromatic heterocycles. The number of hydrogen-bond acceptors (Lipinski definition) is 5. The number of nitrogens with one attached hydrogen (secondary N) is 1. The summed E-state index contributed by atoms with van der Waals surface area (Å²) >= 11 is 1.38. The summed E-state index contributed by atoms with van der Waals surface area (Å²) in [6.45, 7) is 0. The zero-order chi connectivity index (χ0) is 15.4. The number of thiazole rings is 1. The molecule has 0 aliphatic heterocycles. The van der Waals surface area contributed by atoms with E-state index in [1.165, 1.54) is 17.4 Å². The van der Waals surface area contributed by atoms with Crippen LogP contribution in [-0.4, -0.2) is 11.2 Å². The molecule has 3 aromatic rings. The molecular weight excluding hydrogens is 299 g/mol.